The number of carbonyl (C=O) groups is 2. The Morgan fingerprint density at radius 3 is 2.50 bits per heavy atom. The van der Waals surface area contributed by atoms with Crippen molar-refractivity contribution in [2.45, 2.75) is 6.18 Å². The molecule has 3 N–H and O–H groups in total. The molecule has 0 saturated heterocycles. The third-order valence-electron chi connectivity index (χ3n) is 2.30. The predicted molar refractivity (Wildman–Crippen MR) is 71.1 cm³/mol. The van der Waals surface area contributed by atoms with Gasteiger partial charge in [0.15, 0.2) is 18.1 Å². The van der Waals surface area contributed by atoms with Crippen molar-refractivity contribution in [2.24, 2.45) is 5.73 Å². The molecule has 0 atom stereocenters. The molecule has 6 nitrogen and oxygen atoms in total. The first-order chi connectivity index (χ1) is 10.1. The predicted octanol–water partition coefficient (Wildman–Crippen LogP) is 1.50. The van der Waals surface area contributed by atoms with Crippen LogP contribution in [0.25, 0.3) is 0 Å². The number of nitrogens with one attached hydrogen (secondary N) is 1. The molecule has 0 heterocycles. The van der Waals surface area contributed by atoms with Gasteiger partial charge in [0.25, 0.3) is 11.8 Å². The first-order valence-electron chi connectivity index (χ1n) is 5.77. The molecule has 1 aromatic carbocycles. The van der Waals surface area contributed by atoms with Gasteiger partial charge in [-0.2, -0.15) is 13.2 Å². The highest BCUT2D eigenvalue weighted by Gasteiger charge is 2.28. The number of ether oxygens (including phenoxy) is 2. The van der Waals surface area contributed by atoms with Gasteiger partial charge in [-0.15, -0.1) is 0 Å². The number of nitrogens with two attached hydrogens (primary N) is 1. The maximum atomic E-state index is 12.1. The number of hydrogen-bond donors (Lipinski definition) is 2. The van der Waals surface area contributed by atoms with E-state index in [0.717, 1.165) is 12.1 Å². The highest BCUT2D eigenvalue weighted by Crippen LogP contribution is 2.36. The number of alkyl halides is 3. The monoisotopic (exact) mass is 340 g/mol. The van der Waals surface area contributed by atoms with E-state index in [-0.39, 0.29) is 22.1 Å². The highest BCUT2D eigenvalue weighted by atomic mass is 35.5. The molecule has 0 radical (unpaired) electrons. The van der Waals surface area contributed by atoms with Crippen LogP contribution in [0.5, 0.6) is 11.5 Å². The summed E-state index contributed by atoms with van der Waals surface area (Å²) < 4.78 is 46.2. The minimum Gasteiger partial charge on any atom is -0.493 e. The van der Waals surface area contributed by atoms with Crippen molar-refractivity contribution in [2.75, 3.05) is 20.3 Å². The number of halogens is 4. The number of amides is 2. The SMILES string of the molecule is COc1cc(C(=O)NCC(F)(F)F)cc(Cl)c1OCC(N)=O. The second-order valence-electron chi connectivity index (χ2n) is 4.04. The van der Waals surface area contributed by atoms with Crippen molar-refractivity contribution in [3.63, 3.8) is 0 Å². The van der Waals surface area contributed by atoms with Gasteiger partial charge in [-0.25, -0.2) is 0 Å². The molecule has 0 aliphatic carbocycles. The van der Waals surface area contributed by atoms with Crippen LogP contribution < -0.4 is 20.5 Å². The number of methoxy groups -OCH3 is 1. The zero-order valence-corrected chi connectivity index (χ0v) is 12.0. The van der Waals surface area contributed by atoms with E-state index in [1.165, 1.54) is 7.11 Å². The van der Waals surface area contributed by atoms with Crippen LogP contribution in [0, 0.1) is 0 Å². The number of benzene rings is 1. The molecule has 0 saturated carbocycles. The number of carbonyl (C=O) groups excluding carboxylic acids is 2. The standard InChI is InChI=1S/C12H12ClF3N2O4/c1-21-8-3-6(11(20)18-5-12(14,15)16)2-7(13)10(8)22-4-9(17)19/h2-3H,4-5H2,1H3,(H2,17,19)(H,18,20). The molecule has 0 bridgehead atoms. The number of hydrogen-bond acceptors (Lipinski definition) is 4. The lowest BCUT2D eigenvalue weighted by molar-refractivity contribution is -0.123. The second-order valence-corrected chi connectivity index (χ2v) is 4.45. The van der Waals surface area contributed by atoms with Crippen molar-refractivity contribution in [3.05, 3.63) is 22.7 Å². The lowest BCUT2D eigenvalue weighted by Crippen LogP contribution is -2.33. The van der Waals surface area contributed by atoms with Gasteiger partial charge >= 0.3 is 6.18 Å². The Labute approximate surface area is 128 Å². The van der Waals surface area contributed by atoms with Gasteiger partial charge in [0.1, 0.15) is 6.54 Å². The van der Waals surface area contributed by atoms with Gasteiger partial charge in [0.05, 0.1) is 12.1 Å². The van der Waals surface area contributed by atoms with E-state index < -0.39 is 31.1 Å². The van der Waals surface area contributed by atoms with Gasteiger partial charge in [-0.1, -0.05) is 11.6 Å². The van der Waals surface area contributed by atoms with Crippen LogP contribution in [0.2, 0.25) is 5.02 Å². The van der Waals surface area contributed by atoms with Crippen LogP contribution in [-0.4, -0.2) is 38.3 Å². The summed E-state index contributed by atoms with van der Waals surface area (Å²) >= 11 is 5.87. The Kier molecular flexibility index (Phi) is 5.86. The molecule has 1 aromatic rings. The molecule has 2 amide bonds. The molecule has 0 unspecified atom stereocenters. The highest BCUT2D eigenvalue weighted by molar-refractivity contribution is 6.32. The fourth-order valence-electron chi connectivity index (χ4n) is 1.42. The number of rotatable bonds is 6. The fourth-order valence-corrected chi connectivity index (χ4v) is 1.68. The van der Waals surface area contributed by atoms with Gasteiger partial charge in [-0.3, -0.25) is 9.59 Å². The Hall–Kier alpha value is -2.16. The summed E-state index contributed by atoms with van der Waals surface area (Å²) in [5, 5.41) is 1.58. The zero-order chi connectivity index (χ0) is 16.9. The third-order valence-corrected chi connectivity index (χ3v) is 2.58. The van der Waals surface area contributed by atoms with Crippen molar-refractivity contribution in [1.29, 1.82) is 0 Å². The summed E-state index contributed by atoms with van der Waals surface area (Å²) in [6.07, 6.45) is -4.53. The van der Waals surface area contributed by atoms with Gasteiger partial charge in [-0.05, 0) is 12.1 Å². The number of primary amides is 1. The minimum atomic E-state index is -4.53. The molecule has 0 aromatic heterocycles. The largest absolute Gasteiger partial charge is 0.493 e. The molecule has 22 heavy (non-hydrogen) atoms. The maximum Gasteiger partial charge on any atom is 0.405 e. The topological polar surface area (TPSA) is 90.7 Å². The average Bonchev–Trinajstić information content (AvgIpc) is 2.41. The quantitative estimate of drug-likeness (QED) is 0.821. The van der Waals surface area contributed by atoms with Crippen LogP contribution in [0.3, 0.4) is 0 Å². The van der Waals surface area contributed by atoms with Gasteiger partial charge in [0, 0.05) is 5.56 Å². The zero-order valence-electron chi connectivity index (χ0n) is 11.3. The van der Waals surface area contributed by atoms with Crippen LogP contribution in [0.1, 0.15) is 10.4 Å². The molecule has 0 aliphatic rings. The summed E-state index contributed by atoms with van der Waals surface area (Å²) in [5.41, 5.74) is 4.77. The first kappa shape index (κ1) is 17.9. The van der Waals surface area contributed by atoms with Crippen molar-refractivity contribution >= 4 is 23.4 Å². The molecule has 0 spiro atoms. The molecule has 10 heteroatoms. The van der Waals surface area contributed by atoms with E-state index in [1.54, 1.807) is 5.32 Å². The van der Waals surface area contributed by atoms with Gasteiger partial charge in [0.2, 0.25) is 0 Å². The van der Waals surface area contributed by atoms with Crippen molar-refractivity contribution < 1.29 is 32.2 Å². The summed E-state index contributed by atoms with van der Waals surface area (Å²) in [6, 6.07) is 2.22. The van der Waals surface area contributed by atoms with E-state index in [9.17, 15) is 22.8 Å². The Balaban J connectivity index is 2.97. The van der Waals surface area contributed by atoms with Crippen molar-refractivity contribution in [1.82, 2.24) is 5.32 Å². The van der Waals surface area contributed by atoms with E-state index in [1.807, 2.05) is 0 Å². The molecular weight excluding hydrogens is 329 g/mol. The van der Waals surface area contributed by atoms with E-state index >= 15 is 0 Å². The smallest absolute Gasteiger partial charge is 0.405 e. The van der Waals surface area contributed by atoms with Crippen LogP contribution in [0.15, 0.2) is 12.1 Å². The fraction of sp³-hybridized carbons (Fsp3) is 0.333. The normalized spacial score (nSPS) is 11.0. The van der Waals surface area contributed by atoms with E-state index in [2.05, 4.69) is 0 Å². The third kappa shape index (κ3) is 5.32. The summed E-state index contributed by atoms with van der Waals surface area (Å²) in [7, 11) is 1.24. The molecule has 122 valence electrons. The first-order valence-corrected chi connectivity index (χ1v) is 6.15. The van der Waals surface area contributed by atoms with Gasteiger partial charge < -0.3 is 20.5 Å². The summed E-state index contributed by atoms with van der Waals surface area (Å²) in [6.45, 7) is -1.96. The average molecular weight is 341 g/mol. The Bertz CT molecular complexity index is 578. The van der Waals surface area contributed by atoms with Crippen molar-refractivity contribution in [3.8, 4) is 11.5 Å². The Morgan fingerprint density at radius 2 is 2.00 bits per heavy atom. The van der Waals surface area contributed by atoms with Crippen LogP contribution in [-0.2, 0) is 4.79 Å². The van der Waals surface area contributed by atoms with E-state index in [0.29, 0.717) is 0 Å². The lowest BCUT2D eigenvalue weighted by Gasteiger charge is -2.14. The van der Waals surface area contributed by atoms with Crippen LogP contribution in [0.4, 0.5) is 13.2 Å². The molecular formula is C12H12ClF3N2O4. The lowest BCUT2D eigenvalue weighted by atomic mass is 10.2. The summed E-state index contributed by atoms with van der Waals surface area (Å²) in [4.78, 5) is 22.3. The Morgan fingerprint density at radius 1 is 1.36 bits per heavy atom. The summed E-state index contributed by atoms with van der Waals surface area (Å²) in [5.74, 6) is -1.81. The molecule has 0 aliphatic heterocycles. The maximum absolute atomic E-state index is 12.1. The molecule has 0 fully saturated rings. The molecule has 1 rings (SSSR count). The minimum absolute atomic E-state index is 0.0223. The van der Waals surface area contributed by atoms with E-state index in [4.69, 9.17) is 26.8 Å². The van der Waals surface area contributed by atoms with Crippen LogP contribution >= 0.6 is 11.6 Å². The second kappa shape index (κ2) is 7.21.